The molecule has 7 nitrogen and oxygen atoms in total. The summed E-state index contributed by atoms with van der Waals surface area (Å²) in [6, 6.07) is 9.62. The molecule has 0 aliphatic heterocycles. The Morgan fingerprint density at radius 1 is 1.12 bits per heavy atom. The molecule has 8 heteroatoms. The number of nitrogens with zero attached hydrogens (tertiary/aromatic N) is 3. The molecule has 1 aromatic heterocycles. The topological polar surface area (TPSA) is 84.4 Å². The highest BCUT2D eigenvalue weighted by atomic mass is 32.2. The molecule has 2 rings (SSSR count). The van der Waals surface area contributed by atoms with Gasteiger partial charge in [-0.05, 0) is 56.7 Å². The van der Waals surface area contributed by atoms with E-state index in [0.717, 1.165) is 19.4 Å². The largest absolute Gasteiger partial charge is 0.491 e. The van der Waals surface area contributed by atoms with Crippen molar-refractivity contribution in [3.05, 3.63) is 36.4 Å². The van der Waals surface area contributed by atoms with Crippen molar-refractivity contribution in [2.75, 3.05) is 23.2 Å². The molecular formula is C18H26N4O3S. The Morgan fingerprint density at radius 3 is 2.35 bits per heavy atom. The number of rotatable bonds is 9. The van der Waals surface area contributed by atoms with Crippen LogP contribution in [-0.4, -0.2) is 38.3 Å². The molecule has 1 aromatic carbocycles. The van der Waals surface area contributed by atoms with Crippen molar-refractivity contribution in [2.45, 2.75) is 44.6 Å². The minimum atomic E-state index is -3.73. The first-order chi connectivity index (χ1) is 12.3. The van der Waals surface area contributed by atoms with E-state index in [1.54, 1.807) is 24.3 Å². The second-order valence-corrected chi connectivity index (χ2v) is 7.98. The van der Waals surface area contributed by atoms with E-state index in [9.17, 15) is 8.42 Å². The maximum atomic E-state index is 12.5. The molecule has 0 saturated heterocycles. The molecule has 142 valence electrons. The van der Waals surface area contributed by atoms with Crippen LogP contribution in [0.25, 0.3) is 0 Å². The molecule has 1 heterocycles. The number of ether oxygens (including phenoxy) is 1. The zero-order chi connectivity index (χ0) is 19.2. The average molecular weight is 378 g/mol. The standard InChI is InChI=1S/C18H26N4O3S/c1-5-6-13-22(4)18-12-11-17(19-20-18)21-26(23,24)16-9-7-15(8-10-16)25-14(2)3/h7-12,14H,5-6,13H2,1-4H3,(H,19,21). The fourth-order valence-electron chi connectivity index (χ4n) is 2.26. The molecule has 2 aromatic rings. The van der Waals surface area contributed by atoms with E-state index in [0.29, 0.717) is 11.6 Å². The third-order valence-corrected chi connectivity index (χ3v) is 5.00. The van der Waals surface area contributed by atoms with E-state index >= 15 is 0 Å². The van der Waals surface area contributed by atoms with Crippen LogP contribution >= 0.6 is 0 Å². The van der Waals surface area contributed by atoms with Crippen LogP contribution in [0, 0.1) is 0 Å². The summed E-state index contributed by atoms with van der Waals surface area (Å²) in [5.41, 5.74) is 0. The van der Waals surface area contributed by atoms with Crippen LogP contribution in [0.1, 0.15) is 33.6 Å². The van der Waals surface area contributed by atoms with E-state index in [-0.39, 0.29) is 16.8 Å². The van der Waals surface area contributed by atoms with Gasteiger partial charge in [-0.1, -0.05) is 13.3 Å². The molecule has 0 fully saturated rings. The molecule has 0 bridgehead atoms. The lowest BCUT2D eigenvalue weighted by atomic mass is 10.3. The molecule has 0 atom stereocenters. The fourth-order valence-corrected chi connectivity index (χ4v) is 3.26. The number of benzene rings is 1. The lowest BCUT2D eigenvalue weighted by Crippen LogP contribution is -2.20. The van der Waals surface area contributed by atoms with Crippen LogP contribution in [0.3, 0.4) is 0 Å². The third kappa shape index (κ3) is 5.59. The summed E-state index contributed by atoms with van der Waals surface area (Å²) >= 11 is 0. The van der Waals surface area contributed by atoms with Crippen molar-refractivity contribution in [2.24, 2.45) is 0 Å². The van der Waals surface area contributed by atoms with Crippen molar-refractivity contribution in [3.63, 3.8) is 0 Å². The predicted molar refractivity (Wildman–Crippen MR) is 103 cm³/mol. The highest BCUT2D eigenvalue weighted by Crippen LogP contribution is 2.19. The third-order valence-electron chi connectivity index (χ3n) is 3.63. The normalized spacial score (nSPS) is 11.4. The zero-order valence-corrected chi connectivity index (χ0v) is 16.5. The maximum absolute atomic E-state index is 12.5. The molecular weight excluding hydrogens is 352 g/mol. The average Bonchev–Trinajstić information content (AvgIpc) is 2.60. The summed E-state index contributed by atoms with van der Waals surface area (Å²) in [6.07, 6.45) is 2.18. The molecule has 0 aliphatic rings. The summed E-state index contributed by atoms with van der Waals surface area (Å²) in [6.45, 7) is 6.82. The lowest BCUT2D eigenvalue weighted by Gasteiger charge is -2.17. The number of sulfonamides is 1. The van der Waals surface area contributed by atoms with Crippen molar-refractivity contribution in [1.29, 1.82) is 0 Å². The molecule has 26 heavy (non-hydrogen) atoms. The predicted octanol–water partition coefficient (Wildman–Crippen LogP) is 3.30. The Morgan fingerprint density at radius 2 is 1.81 bits per heavy atom. The van der Waals surface area contributed by atoms with Crippen LogP contribution in [-0.2, 0) is 10.0 Å². The van der Waals surface area contributed by atoms with Gasteiger partial charge in [0.25, 0.3) is 10.0 Å². The lowest BCUT2D eigenvalue weighted by molar-refractivity contribution is 0.242. The summed E-state index contributed by atoms with van der Waals surface area (Å²) in [4.78, 5) is 2.13. The first-order valence-corrected chi connectivity index (χ1v) is 10.1. The number of anilines is 2. The molecule has 0 aliphatic carbocycles. The quantitative estimate of drug-likeness (QED) is 0.721. The highest BCUT2D eigenvalue weighted by molar-refractivity contribution is 7.92. The molecule has 0 radical (unpaired) electrons. The number of unbranched alkanes of at least 4 members (excludes halogenated alkanes) is 1. The van der Waals surface area contributed by atoms with Crippen LogP contribution in [0.15, 0.2) is 41.3 Å². The highest BCUT2D eigenvalue weighted by Gasteiger charge is 2.15. The van der Waals surface area contributed by atoms with Gasteiger partial charge in [-0.15, -0.1) is 10.2 Å². The van der Waals surface area contributed by atoms with Gasteiger partial charge in [0.1, 0.15) is 5.75 Å². The number of aromatic nitrogens is 2. The van der Waals surface area contributed by atoms with Gasteiger partial charge in [0, 0.05) is 13.6 Å². The summed E-state index contributed by atoms with van der Waals surface area (Å²) in [7, 11) is -1.79. The molecule has 0 saturated carbocycles. The minimum absolute atomic E-state index is 0.0276. The number of hydrogen-bond acceptors (Lipinski definition) is 6. The second-order valence-electron chi connectivity index (χ2n) is 6.30. The van der Waals surface area contributed by atoms with Gasteiger partial charge in [-0.3, -0.25) is 4.72 Å². The first kappa shape index (κ1) is 20.0. The molecule has 0 unspecified atom stereocenters. The number of nitrogens with one attached hydrogen (secondary N) is 1. The summed E-state index contributed by atoms with van der Waals surface area (Å²) < 4.78 is 32.9. The van der Waals surface area contributed by atoms with Crippen LogP contribution in [0.5, 0.6) is 5.75 Å². The van der Waals surface area contributed by atoms with Gasteiger partial charge in [-0.25, -0.2) is 8.42 Å². The van der Waals surface area contributed by atoms with Gasteiger partial charge in [0.2, 0.25) is 0 Å². The summed E-state index contributed by atoms with van der Waals surface area (Å²) in [5, 5.41) is 8.05. The van der Waals surface area contributed by atoms with E-state index in [2.05, 4.69) is 21.8 Å². The van der Waals surface area contributed by atoms with Crippen LogP contribution in [0.2, 0.25) is 0 Å². The molecule has 0 amide bonds. The Bertz CT molecular complexity index is 790. The fraction of sp³-hybridized carbons (Fsp3) is 0.444. The van der Waals surface area contributed by atoms with Gasteiger partial charge in [0.05, 0.1) is 11.0 Å². The van der Waals surface area contributed by atoms with Gasteiger partial charge in [0.15, 0.2) is 11.6 Å². The monoisotopic (exact) mass is 378 g/mol. The Hall–Kier alpha value is -2.35. The SMILES string of the molecule is CCCCN(C)c1ccc(NS(=O)(=O)c2ccc(OC(C)C)cc2)nn1. The van der Waals surface area contributed by atoms with Crippen molar-refractivity contribution < 1.29 is 13.2 Å². The first-order valence-electron chi connectivity index (χ1n) is 8.66. The van der Waals surface area contributed by atoms with Crippen LogP contribution < -0.4 is 14.4 Å². The molecule has 0 spiro atoms. The molecule has 1 N–H and O–H groups in total. The van der Waals surface area contributed by atoms with Gasteiger partial charge in [-0.2, -0.15) is 0 Å². The zero-order valence-electron chi connectivity index (χ0n) is 15.6. The second kappa shape index (κ2) is 8.84. The smallest absolute Gasteiger partial charge is 0.263 e. The Labute approximate surface area is 155 Å². The summed E-state index contributed by atoms with van der Waals surface area (Å²) in [5.74, 6) is 1.51. The Kier molecular flexibility index (Phi) is 6.79. The Balaban J connectivity index is 2.06. The minimum Gasteiger partial charge on any atom is -0.491 e. The van der Waals surface area contributed by atoms with E-state index in [1.165, 1.54) is 12.1 Å². The van der Waals surface area contributed by atoms with E-state index in [4.69, 9.17) is 4.74 Å². The van der Waals surface area contributed by atoms with Crippen molar-refractivity contribution in [3.8, 4) is 5.75 Å². The van der Waals surface area contributed by atoms with Crippen LogP contribution in [0.4, 0.5) is 11.6 Å². The van der Waals surface area contributed by atoms with E-state index in [1.807, 2.05) is 25.8 Å². The van der Waals surface area contributed by atoms with Crippen molar-refractivity contribution >= 4 is 21.7 Å². The van der Waals surface area contributed by atoms with Crippen molar-refractivity contribution in [1.82, 2.24) is 10.2 Å². The maximum Gasteiger partial charge on any atom is 0.263 e. The van der Waals surface area contributed by atoms with Gasteiger partial charge >= 0.3 is 0 Å². The number of hydrogen-bond donors (Lipinski definition) is 1. The van der Waals surface area contributed by atoms with E-state index < -0.39 is 10.0 Å². The van der Waals surface area contributed by atoms with Gasteiger partial charge < -0.3 is 9.64 Å².